The lowest BCUT2D eigenvalue weighted by molar-refractivity contribution is -0.148. The van der Waals surface area contributed by atoms with Gasteiger partial charge in [0.1, 0.15) is 0 Å². The van der Waals surface area contributed by atoms with E-state index in [0.29, 0.717) is 37.7 Å². The molecule has 1 atom stereocenters. The Bertz CT molecular complexity index is 632. The summed E-state index contributed by atoms with van der Waals surface area (Å²) < 4.78 is 43.5. The van der Waals surface area contributed by atoms with E-state index in [-0.39, 0.29) is 23.0 Å². The number of carbonyl (C=O) groups is 2. The summed E-state index contributed by atoms with van der Waals surface area (Å²) in [4.78, 5) is 22.8. The van der Waals surface area contributed by atoms with E-state index in [1.54, 1.807) is 13.0 Å². The minimum absolute atomic E-state index is 0.221. The smallest absolute Gasteiger partial charge is 0.416 e. The third kappa shape index (κ3) is 4.00. The van der Waals surface area contributed by atoms with Gasteiger partial charge < -0.3 is 4.74 Å². The van der Waals surface area contributed by atoms with Crippen molar-refractivity contribution in [1.29, 1.82) is 0 Å². The van der Waals surface area contributed by atoms with Crippen LogP contribution in [0.3, 0.4) is 0 Å². The molecule has 1 aromatic carbocycles. The number of rotatable bonds is 4. The first-order valence-corrected chi connectivity index (χ1v) is 7.39. The van der Waals surface area contributed by atoms with Crippen LogP contribution in [0.4, 0.5) is 13.2 Å². The summed E-state index contributed by atoms with van der Waals surface area (Å²) in [6.45, 7) is 2.02. The Morgan fingerprint density at radius 3 is 2.65 bits per heavy atom. The molecule has 0 amide bonds. The number of ether oxygens (including phenoxy) is 1. The predicted molar refractivity (Wildman–Crippen MR) is 78.8 cm³/mol. The molecule has 0 N–H and O–H groups in total. The van der Waals surface area contributed by atoms with Crippen molar-refractivity contribution in [2.45, 2.75) is 32.4 Å². The second-order valence-corrected chi connectivity index (χ2v) is 5.37. The lowest BCUT2D eigenvalue weighted by Gasteiger charge is -2.22. The van der Waals surface area contributed by atoms with Crippen LogP contribution in [0.2, 0.25) is 0 Å². The van der Waals surface area contributed by atoms with E-state index in [0.717, 1.165) is 12.1 Å². The van der Waals surface area contributed by atoms with Gasteiger partial charge in [-0.05, 0) is 49.5 Å². The van der Waals surface area contributed by atoms with Gasteiger partial charge in [0.2, 0.25) is 0 Å². The van der Waals surface area contributed by atoms with E-state index in [1.165, 1.54) is 6.07 Å². The number of allylic oxidation sites excluding steroid dienone is 2. The van der Waals surface area contributed by atoms with Gasteiger partial charge in [-0.2, -0.15) is 13.2 Å². The van der Waals surface area contributed by atoms with Gasteiger partial charge in [0, 0.05) is 5.56 Å². The number of halogens is 3. The van der Waals surface area contributed by atoms with E-state index >= 15 is 0 Å². The standard InChI is InChI=1S/C17H17F3O3/c1-2-23-16(22)12-5-3-11(4-6-12)15-9-14(17(18,19)20)8-7-13(15)10-21/h3,7-10,12H,2,4-6H2,1H3. The van der Waals surface area contributed by atoms with Crippen LogP contribution in [0.5, 0.6) is 0 Å². The lowest BCUT2D eigenvalue weighted by Crippen LogP contribution is -2.19. The fourth-order valence-corrected chi connectivity index (χ4v) is 2.67. The molecule has 1 unspecified atom stereocenters. The molecule has 1 aliphatic carbocycles. The normalized spacial score (nSPS) is 18.3. The largest absolute Gasteiger partial charge is 0.466 e. The van der Waals surface area contributed by atoms with Gasteiger partial charge in [-0.1, -0.05) is 12.1 Å². The summed E-state index contributed by atoms with van der Waals surface area (Å²) in [6, 6.07) is 3.09. The number of hydrogen-bond donors (Lipinski definition) is 0. The van der Waals surface area contributed by atoms with Crippen LogP contribution in [-0.2, 0) is 15.7 Å². The second kappa shape index (κ2) is 6.98. The number of aldehydes is 1. The maximum Gasteiger partial charge on any atom is 0.416 e. The maximum atomic E-state index is 12.9. The first kappa shape index (κ1) is 17.2. The minimum Gasteiger partial charge on any atom is -0.466 e. The first-order valence-electron chi connectivity index (χ1n) is 7.39. The lowest BCUT2D eigenvalue weighted by atomic mass is 9.84. The first-order chi connectivity index (χ1) is 10.9. The molecule has 2 rings (SSSR count). The van der Waals surface area contributed by atoms with Gasteiger partial charge in [-0.25, -0.2) is 0 Å². The molecule has 0 radical (unpaired) electrons. The molecular formula is C17H17F3O3. The number of benzene rings is 1. The number of carbonyl (C=O) groups excluding carboxylic acids is 2. The summed E-state index contributed by atoms with van der Waals surface area (Å²) in [6.07, 6.45) is -0.840. The van der Waals surface area contributed by atoms with Crippen LogP contribution >= 0.6 is 0 Å². The highest BCUT2D eigenvalue weighted by molar-refractivity contribution is 5.86. The Morgan fingerprint density at radius 2 is 2.13 bits per heavy atom. The van der Waals surface area contributed by atoms with Crippen molar-refractivity contribution < 1.29 is 27.5 Å². The third-order valence-electron chi connectivity index (χ3n) is 3.88. The average Bonchev–Trinajstić information content (AvgIpc) is 2.53. The van der Waals surface area contributed by atoms with Crippen molar-refractivity contribution >= 4 is 17.8 Å². The molecule has 0 spiro atoms. The van der Waals surface area contributed by atoms with Crippen molar-refractivity contribution in [3.05, 3.63) is 41.0 Å². The number of alkyl halides is 3. The molecule has 1 aliphatic rings. The van der Waals surface area contributed by atoms with Crippen molar-refractivity contribution in [1.82, 2.24) is 0 Å². The molecule has 0 heterocycles. The Labute approximate surface area is 132 Å². The van der Waals surface area contributed by atoms with Gasteiger partial charge in [0.05, 0.1) is 18.1 Å². The zero-order chi connectivity index (χ0) is 17.0. The molecule has 0 aromatic heterocycles. The number of esters is 1. The molecule has 0 saturated carbocycles. The van der Waals surface area contributed by atoms with Gasteiger partial charge in [-0.3, -0.25) is 9.59 Å². The van der Waals surface area contributed by atoms with Gasteiger partial charge in [0.25, 0.3) is 0 Å². The maximum absolute atomic E-state index is 12.9. The highest BCUT2D eigenvalue weighted by Crippen LogP contribution is 2.36. The van der Waals surface area contributed by atoms with Crippen molar-refractivity contribution in [2.75, 3.05) is 6.61 Å². The summed E-state index contributed by atoms with van der Waals surface area (Å²) in [5, 5.41) is 0. The SMILES string of the molecule is CCOC(=O)C1CC=C(c2cc(C(F)(F)F)ccc2C=O)CC1. The van der Waals surface area contributed by atoms with Crippen molar-refractivity contribution in [3.8, 4) is 0 Å². The highest BCUT2D eigenvalue weighted by atomic mass is 19.4. The molecule has 1 aromatic rings. The Balaban J connectivity index is 2.28. The molecule has 124 valence electrons. The average molecular weight is 326 g/mol. The number of hydrogen-bond acceptors (Lipinski definition) is 3. The molecule has 0 saturated heterocycles. The predicted octanol–water partition coefficient (Wildman–Crippen LogP) is 4.26. The van der Waals surface area contributed by atoms with E-state index in [9.17, 15) is 22.8 Å². The monoisotopic (exact) mass is 326 g/mol. The molecule has 23 heavy (non-hydrogen) atoms. The second-order valence-electron chi connectivity index (χ2n) is 5.37. The van der Waals surface area contributed by atoms with E-state index in [1.807, 2.05) is 0 Å². The van der Waals surface area contributed by atoms with Crippen LogP contribution in [0.25, 0.3) is 5.57 Å². The topological polar surface area (TPSA) is 43.4 Å². The minimum atomic E-state index is -4.46. The summed E-state index contributed by atoms with van der Waals surface area (Å²) in [5.41, 5.74) is 0.390. The van der Waals surface area contributed by atoms with Gasteiger partial charge in [0.15, 0.2) is 6.29 Å². The van der Waals surface area contributed by atoms with Crippen LogP contribution in [-0.4, -0.2) is 18.9 Å². The zero-order valence-corrected chi connectivity index (χ0v) is 12.7. The highest BCUT2D eigenvalue weighted by Gasteiger charge is 2.32. The molecule has 6 heteroatoms. The van der Waals surface area contributed by atoms with E-state index in [2.05, 4.69) is 0 Å². The molecule has 0 fully saturated rings. The van der Waals surface area contributed by atoms with Gasteiger partial charge >= 0.3 is 12.1 Å². The van der Waals surface area contributed by atoms with Crippen LogP contribution < -0.4 is 0 Å². The van der Waals surface area contributed by atoms with E-state index in [4.69, 9.17) is 4.74 Å². The Hall–Kier alpha value is -2.11. The molecule has 0 aliphatic heterocycles. The van der Waals surface area contributed by atoms with Crippen LogP contribution in [0.1, 0.15) is 47.7 Å². The van der Waals surface area contributed by atoms with Crippen LogP contribution in [0, 0.1) is 5.92 Å². The summed E-state index contributed by atoms with van der Waals surface area (Å²) >= 11 is 0. The summed E-state index contributed by atoms with van der Waals surface area (Å²) in [7, 11) is 0. The quantitative estimate of drug-likeness (QED) is 0.613. The molecule has 0 bridgehead atoms. The van der Waals surface area contributed by atoms with Crippen molar-refractivity contribution in [3.63, 3.8) is 0 Å². The Kier molecular flexibility index (Phi) is 5.23. The molecular weight excluding hydrogens is 309 g/mol. The molecule has 3 nitrogen and oxygen atoms in total. The summed E-state index contributed by atoms with van der Waals surface area (Å²) in [5.74, 6) is -0.563. The van der Waals surface area contributed by atoms with E-state index < -0.39 is 11.7 Å². The Morgan fingerprint density at radius 1 is 1.39 bits per heavy atom. The zero-order valence-electron chi connectivity index (χ0n) is 12.7. The van der Waals surface area contributed by atoms with Crippen molar-refractivity contribution in [2.24, 2.45) is 5.92 Å². The third-order valence-corrected chi connectivity index (χ3v) is 3.88. The fraction of sp³-hybridized carbons (Fsp3) is 0.412. The van der Waals surface area contributed by atoms with Crippen LogP contribution in [0.15, 0.2) is 24.3 Å². The fourth-order valence-electron chi connectivity index (χ4n) is 2.67. The van der Waals surface area contributed by atoms with Gasteiger partial charge in [-0.15, -0.1) is 0 Å².